The molecule has 3 N–H and O–H groups in total. The zero-order valence-corrected chi connectivity index (χ0v) is 18.9. The van der Waals surface area contributed by atoms with Crippen molar-refractivity contribution in [1.82, 2.24) is 10.3 Å². The number of fused-ring (bicyclic) bond motifs is 2. The lowest BCUT2D eigenvalue weighted by Gasteiger charge is -2.31. The Labute approximate surface area is 198 Å². The summed E-state index contributed by atoms with van der Waals surface area (Å²) >= 11 is 0. The van der Waals surface area contributed by atoms with Gasteiger partial charge in [-0.2, -0.15) is 5.26 Å². The highest BCUT2D eigenvalue weighted by atomic mass is 16.5. The van der Waals surface area contributed by atoms with Crippen LogP contribution in [0.3, 0.4) is 0 Å². The van der Waals surface area contributed by atoms with E-state index in [1.54, 1.807) is 6.20 Å². The molecule has 1 saturated carbocycles. The smallest absolute Gasteiger partial charge is 0.251 e. The molecule has 3 heterocycles. The Bertz CT molecular complexity index is 1330. The summed E-state index contributed by atoms with van der Waals surface area (Å²) in [6.45, 7) is 1.94. The molecule has 2 aromatic carbocycles. The minimum absolute atomic E-state index is 0.00122. The fraction of sp³-hybridized carbons (Fsp3) is 0.321. The molecule has 34 heavy (non-hydrogen) atoms. The molecule has 1 saturated heterocycles. The number of ether oxygens (including phenoxy) is 1. The number of amides is 1. The van der Waals surface area contributed by atoms with Crippen molar-refractivity contribution in [3.63, 3.8) is 0 Å². The van der Waals surface area contributed by atoms with Crippen LogP contribution >= 0.6 is 0 Å². The molecule has 2 aliphatic heterocycles. The number of carbonyl (C=O) groups is 1. The highest BCUT2D eigenvalue weighted by molar-refractivity contribution is 5.98. The highest BCUT2D eigenvalue weighted by Crippen LogP contribution is 2.51. The summed E-state index contributed by atoms with van der Waals surface area (Å²) in [5.41, 5.74) is 12.7. The maximum absolute atomic E-state index is 12.4. The molecule has 1 spiro atoms. The molecule has 0 unspecified atom stereocenters. The maximum Gasteiger partial charge on any atom is 0.251 e. The Morgan fingerprint density at radius 1 is 0.941 bits per heavy atom. The first-order valence-electron chi connectivity index (χ1n) is 11.8. The summed E-state index contributed by atoms with van der Waals surface area (Å²) < 4.78 is 5.47. The van der Waals surface area contributed by atoms with Gasteiger partial charge in [-0.25, -0.2) is 4.98 Å². The van der Waals surface area contributed by atoms with Gasteiger partial charge >= 0.3 is 0 Å². The van der Waals surface area contributed by atoms with Crippen molar-refractivity contribution in [3.05, 3.63) is 71.4 Å². The van der Waals surface area contributed by atoms with E-state index in [1.165, 1.54) is 0 Å². The van der Waals surface area contributed by atoms with Crippen LogP contribution in [-0.2, 0) is 15.6 Å². The second kappa shape index (κ2) is 7.68. The number of nitrogen functional groups attached to an aromatic ring is 1. The normalized spacial score (nSPS) is 19.7. The number of nitriles is 1. The van der Waals surface area contributed by atoms with Crippen LogP contribution in [0.25, 0.3) is 22.3 Å². The predicted octanol–water partition coefficient (Wildman–Crippen LogP) is 4.34. The Morgan fingerprint density at radius 3 is 2.38 bits per heavy atom. The van der Waals surface area contributed by atoms with Crippen molar-refractivity contribution in [2.75, 3.05) is 25.5 Å². The van der Waals surface area contributed by atoms with E-state index in [0.717, 1.165) is 51.8 Å². The van der Waals surface area contributed by atoms with Crippen molar-refractivity contribution < 1.29 is 9.53 Å². The zero-order valence-electron chi connectivity index (χ0n) is 18.9. The molecule has 6 rings (SSSR count). The Balaban J connectivity index is 1.35. The van der Waals surface area contributed by atoms with Gasteiger partial charge in [-0.3, -0.25) is 4.79 Å². The van der Waals surface area contributed by atoms with Crippen LogP contribution < -0.4 is 11.1 Å². The molecule has 0 radical (unpaired) electrons. The molecule has 6 nitrogen and oxygen atoms in total. The second-order valence-corrected chi connectivity index (χ2v) is 9.76. The van der Waals surface area contributed by atoms with Gasteiger partial charge in [-0.05, 0) is 66.1 Å². The fourth-order valence-corrected chi connectivity index (χ4v) is 5.42. The van der Waals surface area contributed by atoms with Gasteiger partial charge in [0.1, 0.15) is 5.82 Å². The van der Waals surface area contributed by atoms with Gasteiger partial charge in [0.05, 0.1) is 11.5 Å². The van der Waals surface area contributed by atoms with Crippen LogP contribution in [0.1, 0.15) is 47.2 Å². The van der Waals surface area contributed by atoms with Crippen LogP contribution in [-0.4, -0.2) is 30.6 Å². The molecular weight excluding hydrogens is 424 g/mol. The molecule has 1 amide bonds. The van der Waals surface area contributed by atoms with Crippen molar-refractivity contribution in [2.45, 2.75) is 36.5 Å². The van der Waals surface area contributed by atoms with E-state index in [1.807, 2.05) is 24.3 Å². The van der Waals surface area contributed by atoms with Crippen LogP contribution in [0.5, 0.6) is 0 Å². The summed E-state index contributed by atoms with van der Waals surface area (Å²) in [4.78, 5) is 16.8. The van der Waals surface area contributed by atoms with E-state index < -0.39 is 5.41 Å². The monoisotopic (exact) mass is 450 g/mol. The standard InChI is InChI=1S/C28H26N4O2/c29-16-27(9-11-34-12-10-27)21-4-1-18(2-5-21)20-13-23(25(30)31-15-20)19-3-6-22-24(14-19)28(7-8-28)17-32-26(22)33/h1-6,13-15H,7-12,17H2,(H2,30,31)(H,32,33). The van der Waals surface area contributed by atoms with Gasteiger partial charge in [-0.1, -0.05) is 30.3 Å². The first-order chi connectivity index (χ1) is 16.5. The summed E-state index contributed by atoms with van der Waals surface area (Å²) in [5, 5.41) is 12.9. The fourth-order valence-electron chi connectivity index (χ4n) is 5.42. The average molecular weight is 451 g/mol. The van der Waals surface area contributed by atoms with E-state index >= 15 is 0 Å². The van der Waals surface area contributed by atoms with Gasteiger partial charge in [-0.15, -0.1) is 0 Å². The Morgan fingerprint density at radius 2 is 1.68 bits per heavy atom. The third-order valence-corrected chi connectivity index (χ3v) is 7.84. The molecule has 1 aromatic heterocycles. The van der Waals surface area contributed by atoms with E-state index in [-0.39, 0.29) is 11.3 Å². The lowest BCUT2D eigenvalue weighted by atomic mass is 9.75. The van der Waals surface area contributed by atoms with Crippen molar-refractivity contribution in [3.8, 4) is 28.3 Å². The predicted molar refractivity (Wildman–Crippen MR) is 130 cm³/mol. The largest absolute Gasteiger partial charge is 0.383 e. The van der Waals surface area contributed by atoms with E-state index in [0.29, 0.717) is 38.4 Å². The number of nitrogens with one attached hydrogen (secondary N) is 1. The SMILES string of the molecule is N#CC1(c2ccc(-c3cnc(N)c(-c4ccc5c(c4)C4(CC4)CNC5=O)c3)cc2)CCOCC1. The van der Waals surface area contributed by atoms with Crippen LogP contribution in [0, 0.1) is 11.3 Å². The molecule has 1 aliphatic carbocycles. The molecule has 3 aromatic rings. The van der Waals surface area contributed by atoms with Crippen LogP contribution in [0.2, 0.25) is 0 Å². The van der Waals surface area contributed by atoms with Crippen LogP contribution in [0.4, 0.5) is 5.82 Å². The summed E-state index contributed by atoms with van der Waals surface area (Å²) in [6, 6.07) is 18.8. The third kappa shape index (κ3) is 3.27. The number of nitrogens with two attached hydrogens (primary N) is 1. The lowest BCUT2D eigenvalue weighted by Crippen LogP contribution is -2.39. The minimum Gasteiger partial charge on any atom is -0.383 e. The number of carbonyl (C=O) groups excluding carboxylic acids is 1. The summed E-state index contributed by atoms with van der Waals surface area (Å²) in [6.07, 6.45) is 5.42. The van der Waals surface area contributed by atoms with Crippen LogP contribution in [0.15, 0.2) is 54.7 Å². The Kier molecular flexibility index (Phi) is 4.72. The average Bonchev–Trinajstić information content (AvgIpc) is 3.68. The van der Waals surface area contributed by atoms with Gasteiger partial charge in [0.25, 0.3) is 5.91 Å². The topological polar surface area (TPSA) is 101 Å². The number of anilines is 1. The molecule has 6 heteroatoms. The van der Waals surface area contributed by atoms with Gasteiger partial charge in [0, 0.05) is 48.1 Å². The number of hydrogen-bond donors (Lipinski definition) is 2. The van der Waals surface area contributed by atoms with Crippen molar-refractivity contribution in [2.24, 2.45) is 0 Å². The zero-order chi connectivity index (χ0) is 23.3. The highest BCUT2D eigenvalue weighted by Gasteiger charge is 2.48. The van der Waals surface area contributed by atoms with Gasteiger partial charge in [0.15, 0.2) is 0 Å². The number of nitrogens with zero attached hydrogens (tertiary/aromatic N) is 2. The molecule has 2 fully saturated rings. The van der Waals surface area contributed by atoms with E-state index in [4.69, 9.17) is 10.5 Å². The molecule has 3 aliphatic rings. The Hall–Kier alpha value is -3.69. The van der Waals surface area contributed by atoms with Gasteiger partial charge < -0.3 is 15.8 Å². The van der Waals surface area contributed by atoms with E-state index in [2.05, 4.69) is 40.6 Å². The first kappa shape index (κ1) is 20.9. The van der Waals surface area contributed by atoms with Crippen molar-refractivity contribution >= 4 is 11.7 Å². The summed E-state index contributed by atoms with van der Waals surface area (Å²) in [7, 11) is 0. The maximum atomic E-state index is 12.4. The van der Waals surface area contributed by atoms with Gasteiger partial charge in [0.2, 0.25) is 0 Å². The van der Waals surface area contributed by atoms with E-state index in [9.17, 15) is 10.1 Å². The second-order valence-electron chi connectivity index (χ2n) is 9.76. The molecule has 0 bridgehead atoms. The van der Waals surface area contributed by atoms with Crippen molar-refractivity contribution in [1.29, 1.82) is 5.26 Å². The summed E-state index contributed by atoms with van der Waals surface area (Å²) in [5.74, 6) is 0.467. The number of benzene rings is 2. The molecule has 170 valence electrons. The number of pyridine rings is 1. The number of hydrogen-bond acceptors (Lipinski definition) is 5. The minimum atomic E-state index is -0.477. The molecular formula is C28H26N4O2. The number of aromatic nitrogens is 1. The first-order valence-corrected chi connectivity index (χ1v) is 11.8. The third-order valence-electron chi connectivity index (χ3n) is 7.84. The lowest BCUT2D eigenvalue weighted by molar-refractivity contribution is 0.0675. The number of rotatable bonds is 3. The molecule has 0 atom stereocenters. The quantitative estimate of drug-likeness (QED) is 0.618.